The largest absolute Gasteiger partial charge is 0.484 e. The minimum atomic E-state index is -0.701. The van der Waals surface area contributed by atoms with E-state index >= 15 is 0 Å². The number of esters is 1. The molecule has 1 saturated heterocycles. The quantitative estimate of drug-likeness (QED) is 0.581. The maximum Gasteiger partial charge on any atom is 0.326 e. The van der Waals surface area contributed by atoms with Crippen molar-refractivity contribution in [3.8, 4) is 5.75 Å². The molecule has 144 valence electrons. The van der Waals surface area contributed by atoms with Crippen LogP contribution in [0.15, 0.2) is 29.2 Å². The van der Waals surface area contributed by atoms with E-state index in [9.17, 15) is 19.2 Å². The number of benzene rings is 1. The zero-order valence-electron chi connectivity index (χ0n) is 15.2. The number of carbonyl (C=O) groups excluding carboxylic acids is 4. The Morgan fingerprint density at radius 1 is 1.19 bits per heavy atom. The van der Waals surface area contributed by atoms with Crippen LogP contribution in [-0.2, 0) is 19.1 Å². The first-order valence-electron chi connectivity index (χ1n) is 8.03. The number of thioether (sulfide) groups is 1. The number of imide groups is 1. The van der Waals surface area contributed by atoms with E-state index in [0.717, 1.165) is 16.7 Å². The standard InChI is InChI=1S/C18H20N2O6S/c1-18(2,3)26-15(22)9-20-16(23)13(27-17(20)24)8-11-4-6-12(7-5-11)25-10-14(19)21/h4-8H,9-10H2,1-3H3,(H2,19,21)/b13-8-. The number of amides is 3. The summed E-state index contributed by atoms with van der Waals surface area (Å²) >= 11 is 0.753. The van der Waals surface area contributed by atoms with Crippen molar-refractivity contribution < 1.29 is 28.7 Å². The van der Waals surface area contributed by atoms with Crippen molar-refractivity contribution in [2.75, 3.05) is 13.2 Å². The lowest BCUT2D eigenvalue weighted by atomic mass is 10.2. The molecule has 1 aromatic rings. The number of ether oxygens (including phenoxy) is 2. The highest BCUT2D eigenvalue weighted by Crippen LogP contribution is 2.32. The van der Waals surface area contributed by atoms with Gasteiger partial charge in [0.25, 0.3) is 17.1 Å². The van der Waals surface area contributed by atoms with Gasteiger partial charge in [0.05, 0.1) is 4.91 Å². The summed E-state index contributed by atoms with van der Waals surface area (Å²) in [4.78, 5) is 48.1. The minimum Gasteiger partial charge on any atom is -0.484 e. The molecule has 0 atom stereocenters. The normalized spacial score (nSPS) is 16.0. The van der Waals surface area contributed by atoms with Crippen molar-refractivity contribution >= 4 is 40.9 Å². The molecule has 1 aromatic carbocycles. The molecule has 1 heterocycles. The van der Waals surface area contributed by atoms with E-state index in [1.54, 1.807) is 45.0 Å². The second-order valence-corrected chi connectivity index (χ2v) is 7.67. The van der Waals surface area contributed by atoms with Crippen LogP contribution in [0.1, 0.15) is 26.3 Å². The molecule has 9 heteroatoms. The molecule has 1 aliphatic rings. The summed E-state index contributed by atoms with van der Waals surface area (Å²) in [6.45, 7) is 4.45. The third-order valence-corrected chi connectivity index (χ3v) is 4.05. The van der Waals surface area contributed by atoms with Gasteiger partial charge in [-0.15, -0.1) is 0 Å². The van der Waals surface area contributed by atoms with Gasteiger partial charge >= 0.3 is 5.97 Å². The van der Waals surface area contributed by atoms with Crippen LogP contribution in [0.5, 0.6) is 5.75 Å². The lowest BCUT2D eigenvalue weighted by Crippen LogP contribution is -2.37. The lowest BCUT2D eigenvalue weighted by Gasteiger charge is -2.21. The monoisotopic (exact) mass is 392 g/mol. The van der Waals surface area contributed by atoms with Crippen LogP contribution in [0.4, 0.5) is 4.79 Å². The zero-order chi connectivity index (χ0) is 20.2. The molecule has 2 N–H and O–H groups in total. The van der Waals surface area contributed by atoms with Crippen LogP contribution in [0.25, 0.3) is 6.08 Å². The van der Waals surface area contributed by atoms with Gasteiger partial charge in [0.15, 0.2) is 6.61 Å². The summed E-state index contributed by atoms with van der Waals surface area (Å²) < 4.78 is 10.3. The molecule has 0 aliphatic carbocycles. The molecule has 0 radical (unpaired) electrons. The Balaban J connectivity index is 2.05. The van der Waals surface area contributed by atoms with Crippen LogP contribution in [0.2, 0.25) is 0 Å². The molecule has 27 heavy (non-hydrogen) atoms. The highest BCUT2D eigenvalue weighted by Gasteiger charge is 2.37. The first-order valence-corrected chi connectivity index (χ1v) is 8.85. The molecular weight excluding hydrogens is 372 g/mol. The van der Waals surface area contributed by atoms with Crippen molar-refractivity contribution in [1.82, 2.24) is 4.90 Å². The van der Waals surface area contributed by atoms with E-state index in [4.69, 9.17) is 15.2 Å². The summed E-state index contributed by atoms with van der Waals surface area (Å²) in [5, 5.41) is -0.529. The molecule has 1 fully saturated rings. The van der Waals surface area contributed by atoms with E-state index in [-0.39, 0.29) is 11.5 Å². The summed E-state index contributed by atoms with van der Waals surface area (Å²) in [6.07, 6.45) is 1.54. The van der Waals surface area contributed by atoms with Crippen LogP contribution in [0, 0.1) is 0 Å². The Kier molecular flexibility index (Phi) is 6.27. The van der Waals surface area contributed by atoms with E-state index in [1.165, 1.54) is 6.08 Å². The van der Waals surface area contributed by atoms with Gasteiger partial charge in [-0.25, -0.2) is 0 Å². The van der Waals surface area contributed by atoms with Gasteiger partial charge in [0.2, 0.25) is 0 Å². The molecule has 1 aliphatic heterocycles. The van der Waals surface area contributed by atoms with E-state index < -0.39 is 35.2 Å². The first-order chi connectivity index (χ1) is 12.5. The predicted molar refractivity (Wildman–Crippen MR) is 99.7 cm³/mol. The van der Waals surface area contributed by atoms with Crippen molar-refractivity contribution in [2.24, 2.45) is 5.73 Å². The van der Waals surface area contributed by atoms with E-state index in [1.807, 2.05) is 0 Å². The Morgan fingerprint density at radius 3 is 2.37 bits per heavy atom. The summed E-state index contributed by atoms with van der Waals surface area (Å²) in [5.74, 6) is -1.34. The molecule has 8 nitrogen and oxygen atoms in total. The van der Waals surface area contributed by atoms with Crippen molar-refractivity contribution in [3.63, 3.8) is 0 Å². The molecule has 0 aromatic heterocycles. The van der Waals surface area contributed by atoms with Gasteiger partial charge in [-0.2, -0.15) is 0 Å². The lowest BCUT2D eigenvalue weighted by molar-refractivity contribution is -0.156. The third kappa shape index (κ3) is 6.14. The molecule has 0 unspecified atom stereocenters. The van der Waals surface area contributed by atoms with Crippen molar-refractivity contribution in [2.45, 2.75) is 26.4 Å². The SMILES string of the molecule is CC(C)(C)OC(=O)CN1C(=O)S/C(=C\c2ccc(OCC(N)=O)cc2)C1=O. The Bertz CT molecular complexity index is 795. The highest BCUT2D eigenvalue weighted by molar-refractivity contribution is 8.18. The average molecular weight is 392 g/mol. The fourth-order valence-electron chi connectivity index (χ4n) is 2.11. The Hall–Kier alpha value is -2.81. The second-order valence-electron chi connectivity index (χ2n) is 6.68. The van der Waals surface area contributed by atoms with Crippen LogP contribution in [0.3, 0.4) is 0 Å². The van der Waals surface area contributed by atoms with Crippen LogP contribution < -0.4 is 10.5 Å². The summed E-state index contributed by atoms with van der Waals surface area (Å²) in [7, 11) is 0. The smallest absolute Gasteiger partial charge is 0.326 e. The van der Waals surface area contributed by atoms with Gasteiger partial charge in [0, 0.05) is 0 Å². The average Bonchev–Trinajstić information content (AvgIpc) is 2.80. The van der Waals surface area contributed by atoms with Crippen molar-refractivity contribution in [3.05, 3.63) is 34.7 Å². The highest BCUT2D eigenvalue weighted by atomic mass is 32.2. The molecule has 0 saturated carbocycles. The van der Waals surface area contributed by atoms with Crippen LogP contribution in [-0.4, -0.2) is 46.7 Å². The molecule has 0 bridgehead atoms. The van der Waals surface area contributed by atoms with Gasteiger partial charge in [-0.1, -0.05) is 12.1 Å². The molecule has 2 rings (SSSR count). The fraction of sp³-hybridized carbons (Fsp3) is 0.333. The van der Waals surface area contributed by atoms with Gasteiger partial charge in [0.1, 0.15) is 17.9 Å². The summed E-state index contributed by atoms with van der Waals surface area (Å²) in [6, 6.07) is 6.55. The maximum absolute atomic E-state index is 12.4. The summed E-state index contributed by atoms with van der Waals surface area (Å²) in [5.41, 5.74) is 4.96. The number of nitrogens with two attached hydrogens (primary N) is 1. The number of hydrogen-bond donors (Lipinski definition) is 1. The number of rotatable bonds is 6. The van der Waals surface area contributed by atoms with Crippen LogP contribution >= 0.6 is 11.8 Å². The minimum absolute atomic E-state index is 0.203. The number of primary amides is 1. The number of nitrogens with zero attached hydrogens (tertiary/aromatic N) is 1. The molecule has 3 amide bonds. The number of carbonyl (C=O) groups is 4. The van der Waals surface area contributed by atoms with Gasteiger partial charge < -0.3 is 15.2 Å². The predicted octanol–water partition coefficient (Wildman–Crippen LogP) is 1.93. The number of hydrogen-bond acceptors (Lipinski definition) is 7. The second kappa shape index (κ2) is 8.26. The fourth-order valence-corrected chi connectivity index (χ4v) is 2.94. The molecular formula is C18H20N2O6S. The van der Waals surface area contributed by atoms with Crippen molar-refractivity contribution in [1.29, 1.82) is 0 Å². The first kappa shape index (κ1) is 20.5. The molecule has 0 spiro atoms. The van der Waals surface area contributed by atoms with Gasteiger partial charge in [-0.05, 0) is 56.3 Å². The zero-order valence-corrected chi connectivity index (χ0v) is 16.0. The maximum atomic E-state index is 12.4. The van der Waals surface area contributed by atoms with E-state index in [2.05, 4.69) is 0 Å². The topological polar surface area (TPSA) is 116 Å². The Morgan fingerprint density at radius 2 is 1.81 bits per heavy atom. The van der Waals surface area contributed by atoms with Gasteiger partial charge in [-0.3, -0.25) is 24.1 Å². The van der Waals surface area contributed by atoms with E-state index in [0.29, 0.717) is 11.3 Å². The Labute approximate surface area is 160 Å². The third-order valence-electron chi connectivity index (χ3n) is 3.14.